The summed E-state index contributed by atoms with van der Waals surface area (Å²) in [7, 11) is -5.29. The van der Waals surface area contributed by atoms with Crippen LogP contribution in [0.1, 0.15) is 39.0 Å². The first-order chi connectivity index (χ1) is 7.42. The fourth-order valence-corrected chi connectivity index (χ4v) is 1.96. The zero-order valence-corrected chi connectivity index (χ0v) is 10.9. The molecular weight excluding hydrogens is 233 g/mol. The average Bonchev–Trinajstić information content (AvgIpc) is 2.13. The third-order valence-electron chi connectivity index (χ3n) is 2.10. The van der Waals surface area contributed by atoms with Gasteiger partial charge in [-0.05, 0) is 19.8 Å². The first kappa shape index (κ1) is 15.7. The van der Waals surface area contributed by atoms with Gasteiger partial charge in [0.2, 0.25) is 0 Å². The molecule has 5 heteroatoms. The van der Waals surface area contributed by atoms with Crippen LogP contribution in [0, 0.1) is 0 Å². The number of hydrogen-bond acceptors (Lipinski definition) is 1. The van der Waals surface area contributed by atoms with Crippen LogP contribution in [0.2, 0.25) is 6.04 Å². The topological polar surface area (TPSA) is 9.23 Å². The molecule has 0 rings (SSSR count). The van der Waals surface area contributed by atoms with E-state index < -0.39 is 15.1 Å². The molecule has 0 aromatic heterocycles. The first-order valence-electron chi connectivity index (χ1n) is 5.70. The molecule has 96 valence electrons. The molecule has 0 bridgehead atoms. The van der Waals surface area contributed by atoms with Crippen LogP contribution >= 0.6 is 0 Å². The maximum Gasteiger partial charge on any atom is 0.616 e. The van der Waals surface area contributed by atoms with Gasteiger partial charge in [0.1, 0.15) is 0 Å². The second-order valence-corrected chi connectivity index (χ2v) is 5.87. The van der Waals surface area contributed by atoms with Crippen molar-refractivity contribution in [2.45, 2.75) is 45.1 Å². The Balaban J connectivity index is 3.07. The minimum absolute atomic E-state index is 0.308. The minimum atomic E-state index is -5.29. The van der Waals surface area contributed by atoms with E-state index in [-0.39, 0.29) is 0 Å². The third-order valence-corrected chi connectivity index (χ3v) is 3.02. The van der Waals surface area contributed by atoms with Gasteiger partial charge < -0.3 is 4.74 Å². The molecule has 0 N–H and O–H groups in total. The van der Waals surface area contributed by atoms with Gasteiger partial charge in [-0.25, -0.2) is 12.3 Å². The number of ether oxygens (including phenoxy) is 1. The Morgan fingerprint density at radius 1 is 1.06 bits per heavy atom. The molecule has 0 aromatic rings. The second-order valence-electron chi connectivity index (χ2n) is 4.14. The van der Waals surface area contributed by atoms with Gasteiger partial charge in [-0.2, -0.15) is 0 Å². The molecule has 0 heterocycles. The molecule has 0 amide bonds. The molecule has 0 aliphatic rings. The van der Waals surface area contributed by atoms with Crippen molar-refractivity contribution in [3.63, 3.8) is 0 Å². The standard InChI is InChI=1S/C11H21F3OSi/c1-11(2)10-15-8-6-4-3-5-7-9-16(12,13)14/h1,3-10H2,2H3. The van der Waals surface area contributed by atoms with Gasteiger partial charge in [0.05, 0.1) is 6.61 Å². The molecule has 0 aliphatic heterocycles. The molecule has 16 heavy (non-hydrogen) atoms. The molecule has 0 aromatic carbocycles. The van der Waals surface area contributed by atoms with Crippen LogP contribution in [0.25, 0.3) is 0 Å². The van der Waals surface area contributed by atoms with Crippen LogP contribution in [0.15, 0.2) is 12.2 Å². The molecule has 0 saturated carbocycles. The highest BCUT2D eigenvalue weighted by atomic mass is 28.5. The smallest absolute Gasteiger partial charge is 0.377 e. The summed E-state index contributed by atoms with van der Waals surface area (Å²) in [4.78, 5) is 0. The highest BCUT2D eigenvalue weighted by molar-refractivity contribution is 6.58. The van der Waals surface area contributed by atoms with Crippen molar-refractivity contribution in [3.05, 3.63) is 12.2 Å². The second kappa shape index (κ2) is 8.81. The summed E-state index contributed by atoms with van der Waals surface area (Å²) in [5.41, 5.74) is 0.995. The first-order valence-corrected chi connectivity index (χ1v) is 7.55. The molecule has 0 saturated heterocycles. The van der Waals surface area contributed by atoms with E-state index in [4.69, 9.17) is 4.74 Å². The highest BCUT2D eigenvalue weighted by Gasteiger charge is 2.35. The van der Waals surface area contributed by atoms with E-state index in [2.05, 4.69) is 6.58 Å². The van der Waals surface area contributed by atoms with Crippen molar-refractivity contribution in [2.75, 3.05) is 13.2 Å². The minimum Gasteiger partial charge on any atom is -0.377 e. The van der Waals surface area contributed by atoms with Gasteiger partial charge in [-0.3, -0.25) is 0 Å². The molecule has 0 aliphatic carbocycles. The number of hydrogen-bond donors (Lipinski definition) is 0. The lowest BCUT2D eigenvalue weighted by atomic mass is 10.2. The van der Waals surface area contributed by atoms with E-state index in [0.717, 1.165) is 24.8 Å². The summed E-state index contributed by atoms with van der Waals surface area (Å²) < 4.78 is 41.0. The molecule has 0 atom stereocenters. The average molecular weight is 254 g/mol. The van der Waals surface area contributed by atoms with E-state index in [1.54, 1.807) is 0 Å². The Morgan fingerprint density at radius 2 is 1.62 bits per heavy atom. The normalized spacial score (nSPS) is 11.8. The van der Waals surface area contributed by atoms with Crippen molar-refractivity contribution in [2.24, 2.45) is 0 Å². The van der Waals surface area contributed by atoms with Crippen molar-refractivity contribution >= 4 is 9.08 Å². The van der Waals surface area contributed by atoms with Crippen molar-refractivity contribution in [1.82, 2.24) is 0 Å². The number of unbranched alkanes of at least 4 members (excludes halogenated alkanes) is 4. The zero-order chi connectivity index (χ0) is 12.4. The molecule has 1 nitrogen and oxygen atoms in total. The van der Waals surface area contributed by atoms with Crippen LogP contribution in [0.3, 0.4) is 0 Å². The van der Waals surface area contributed by atoms with Gasteiger partial charge in [-0.1, -0.05) is 31.4 Å². The van der Waals surface area contributed by atoms with Gasteiger partial charge in [-0.15, -0.1) is 0 Å². The fraction of sp³-hybridized carbons (Fsp3) is 0.818. The molecule has 0 radical (unpaired) electrons. The Bertz CT molecular complexity index is 192. The van der Waals surface area contributed by atoms with E-state index in [0.29, 0.717) is 26.1 Å². The lowest BCUT2D eigenvalue weighted by Crippen LogP contribution is -2.13. The highest BCUT2D eigenvalue weighted by Crippen LogP contribution is 2.19. The summed E-state index contributed by atoms with van der Waals surface area (Å²) in [6.07, 6.45) is 3.75. The van der Waals surface area contributed by atoms with E-state index >= 15 is 0 Å². The summed E-state index contributed by atoms with van der Waals surface area (Å²) in [5, 5.41) is 0. The third kappa shape index (κ3) is 13.7. The SMILES string of the molecule is C=C(C)COCCCCCCC[Si](F)(F)F. The maximum absolute atomic E-state index is 11.9. The summed E-state index contributed by atoms with van der Waals surface area (Å²) in [5.74, 6) is 0. The van der Waals surface area contributed by atoms with Crippen LogP contribution in [-0.4, -0.2) is 22.3 Å². The van der Waals surface area contributed by atoms with Crippen LogP contribution < -0.4 is 0 Å². The molecule has 0 unspecified atom stereocenters. The monoisotopic (exact) mass is 254 g/mol. The van der Waals surface area contributed by atoms with Crippen molar-refractivity contribution in [1.29, 1.82) is 0 Å². The van der Waals surface area contributed by atoms with Crippen molar-refractivity contribution < 1.29 is 17.1 Å². The summed E-state index contributed by atoms with van der Waals surface area (Å²) in [6.45, 7) is 6.88. The maximum atomic E-state index is 11.9. The predicted molar refractivity (Wildman–Crippen MR) is 62.6 cm³/mol. The molecular formula is C11H21F3OSi. The lowest BCUT2D eigenvalue weighted by molar-refractivity contribution is 0.151. The Hall–Kier alpha value is -0.293. The van der Waals surface area contributed by atoms with Gasteiger partial charge >= 0.3 is 9.08 Å². The van der Waals surface area contributed by atoms with Crippen LogP contribution in [0.5, 0.6) is 0 Å². The predicted octanol–water partition coefficient (Wildman–Crippen LogP) is 4.38. The van der Waals surface area contributed by atoms with E-state index in [1.807, 2.05) is 6.92 Å². The Morgan fingerprint density at radius 3 is 2.19 bits per heavy atom. The van der Waals surface area contributed by atoms with Gasteiger partial charge in [0, 0.05) is 12.7 Å². The van der Waals surface area contributed by atoms with E-state index in [9.17, 15) is 12.3 Å². The Labute approximate surface area is 97.2 Å². The quantitative estimate of drug-likeness (QED) is 0.243. The van der Waals surface area contributed by atoms with Gasteiger partial charge in [0.15, 0.2) is 0 Å². The largest absolute Gasteiger partial charge is 0.616 e. The molecule has 0 spiro atoms. The number of halogens is 3. The van der Waals surface area contributed by atoms with Crippen LogP contribution in [0.4, 0.5) is 12.3 Å². The molecule has 0 fully saturated rings. The van der Waals surface area contributed by atoms with Crippen molar-refractivity contribution in [3.8, 4) is 0 Å². The zero-order valence-electron chi connectivity index (χ0n) is 9.91. The fourth-order valence-electron chi connectivity index (χ4n) is 1.31. The van der Waals surface area contributed by atoms with E-state index in [1.165, 1.54) is 0 Å². The van der Waals surface area contributed by atoms with Crippen LogP contribution in [-0.2, 0) is 4.74 Å². The summed E-state index contributed by atoms with van der Waals surface area (Å²) >= 11 is 0. The summed E-state index contributed by atoms with van der Waals surface area (Å²) in [6, 6.07) is -0.515. The Kier molecular flexibility index (Phi) is 8.65. The number of rotatable bonds is 10. The van der Waals surface area contributed by atoms with Gasteiger partial charge in [0.25, 0.3) is 0 Å². The lowest BCUT2D eigenvalue weighted by Gasteiger charge is -2.04.